The number of amides is 1. The number of rotatable bonds is 7. The average Bonchev–Trinajstić information content (AvgIpc) is 2.72. The molecular weight excluding hydrogens is 387 g/mol. The predicted molar refractivity (Wildman–Crippen MR) is 99.7 cm³/mol. The smallest absolute Gasteiger partial charge is 0.421 e. The van der Waals surface area contributed by atoms with Crippen molar-refractivity contribution in [2.45, 2.75) is 6.18 Å². The molecule has 29 heavy (non-hydrogen) atoms. The molecule has 0 bridgehead atoms. The minimum Gasteiger partial charge on any atom is -0.475 e. The molecule has 0 aliphatic rings. The highest BCUT2D eigenvalue weighted by molar-refractivity contribution is 6.02. The molecule has 0 spiro atoms. The number of nitrogens with one attached hydrogen (secondary N) is 2. The van der Waals surface area contributed by atoms with E-state index < -0.39 is 23.5 Å². The van der Waals surface area contributed by atoms with Crippen LogP contribution in [0.25, 0.3) is 0 Å². The lowest BCUT2D eigenvalue weighted by atomic mass is 10.2. The summed E-state index contributed by atoms with van der Waals surface area (Å²) in [5, 5.41) is 13.2. The lowest BCUT2D eigenvalue weighted by molar-refractivity contribution is -0.139. The number of aromatic nitrogens is 3. The number of hydrogen-bond donors (Lipinski definition) is 2. The van der Waals surface area contributed by atoms with Crippen LogP contribution in [0.15, 0.2) is 60.8 Å². The van der Waals surface area contributed by atoms with Crippen LogP contribution in [0.2, 0.25) is 0 Å². The number of hydrogen-bond acceptors (Lipinski definition) is 6. The van der Waals surface area contributed by atoms with Crippen molar-refractivity contribution < 1.29 is 22.7 Å². The van der Waals surface area contributed by atoms with Gasteiger partial charge >= 0.3 is 6.18 Å². The molecule has 2 N–H and O–H groups in total. The van der Waals surface area contributed by atoms with Crippen LogP contribution in [-0.4, -0.2) is 34.2 Å². The molecular formula is C19H16F3N5O2. The van der Waals surface area contributed by atoms with E-state index in [-0.39, 0.29) is 18.8 Å². The highest BCUT2D eigenvalue weighted by Gasteiger charge is 2.34. The predicted octanol–water partition coefficient (Wildman–Crippen LogP) is 3.63. The lowest BCUT2D eigenvalue weighted by Crippen LogP contribution is -2.17. The minimum absolute atomic E-state index is 0.0714. The molecule has 0 saturated carbocycles. The van der Waals surface area contributed by atoms with Gasteiger partial charge in [0.15, 0.2) is 5.69 Å². The fourth-order valence-corrected chi connectivity index (χ4v) is 2.31. The van der Waals surface area contributed by atoms with E-state index in [9.17, 15) is 18.0 Å². The Hall–Kier alpha value is -3.69. The van der Waals surface area contributed by atoms with E-state index in [4.69, 9.17) is 4.74 Å². The number of anilines is 2. The van der Waals surface area contributed by atoms with Gasteiger partial charge in [0.1, 0.15) is 18.0 Å². The summed E-state index contributed by atoms with van der Waals surface area (Å²) >= 11 is 0. The van der Waals surface area contributed by atoms with Crippen LogP contribution in [0.3, 0.4) is 0 Å². The van der Waals surface area contributed by atoms with E-state index in [1.54, 1.807) is 24.3 Å². The summed E-state index contributed by atoms with van der Waals surface area (Å²) in [5.41, 5.74) is -0.182. The van der Waals surface area contributed by atoms with Gasteiger partial charge in [0, 0.05) is 11.9 Å². The van der Waals surface area contributed by atoms with Crippen molar-refractivity contribution in [3.63, 3.8) is 0 Å². The SMILES string of the molecule is O=C(Nc1ccccc1)c1ccc(NCCOc2ncccc2C(F)(F)F)nn1. The maximum absolute atomic E-state index is 12.9. The molecule has 0 aliphatic heterocycles. The third-order valence-corrected chi connectivity index (χ3v) is 3.65. The molecule has 3 aromatic rings. The molecule has 0 fully saturated rings. The van der Waals surface area contributed by atoms with E-state index in [1.807, 2.05) is 6.07 Å². The molecule has 3 rings (SSSR count). The highest BCUT2D eigenvalue weighted by atomic mass is 19.4. The first-order valence-electron chi connectivity index (χ1n) is 8.52. The molecule has 0 radical (unpaired) electrons. The second-order valence-electron chi connectivity index (χ2n) is 5.75. The molecule has 1 aromatic carbocycles. The Morgan fingerprint density at radius 1 is 1.00 bits per heavy atom. The first-order chi connectivity index (χ1) is 13.9. The molecule has 150 valence electrons. The van der Waals surface area contributed by atoms with Crippen molar-refractivity contribution >= 4 is 17.4 Å². The van der Waals surface area contributed by atoms with Crippen molar-refractivity contribution in [3.8, 4) is 5.88 Å². The van der Waals surface area contributed by atoms with Gasteiger partial charge in [-0.2, -0.15) is 13.2 Å². The maximum Gasteiger partial charge on any atom is 0.421 e. The van der Waals surface area contributed by atoms with E-state index in [0.29, 0.717) is 11.5 Å². The molecule has 7 nitrogen and oxygen atoms in total. The maximum atomic E-state index is 12.9. The normalized spacial score (nSPS) is 11.0. The number of nitrogens with zero attached hydrogens (tertiary/aromatic N) is 3. The van der Waals surface area contributed by atoms with Gasteiger partial charge in [-0.05, 0) is 36.4 Å². The van der Waals surface area contributed by atoms with Gasteiger partial charge in [0.25, 0.3) is 5.91 Å². The second kappa shape index (κ2) is 9.00. The van der Waals surface area contributed by atoms with E-state index in [0.717, 1.165) is 6.07 Å². The average molecular weight is 403 g/mol. The molecule has 0 aliphatic carbocycles. The van der Waals surface area contributed by atoms with E-state index >= 15 is 0 Å². The van der Waals surface area contributed by atoms with Crippen LogP contribution < -0.4 is 15.4 Å². The van der Waals surface area contributed by atoms with Crippen molar-refractivity contribution in [1.82, 2.24) is 15.2 Å². The zero-order chi connectivity index (χ0) is 20.7. The summed E-state index contributed by atoms with van der Waals surface area (Å²) < 4.78 is 43.7. The summed E-state index contributed by atoms with van der Waals surface area (Å²) in [6.45, 7) is 0.0934. The third kappa shape index (κ3) is 5.64. The summed E-state index contributed by atoms with van der Waals surface area (Å²) in [6, 6.07) is 14.0. The Labute approximate surface area is 164 Å². The van der Waals surface area contributed by atoms with Gasteiger partial charge < -0.3 is 15.4 Å². The van der Waals surface area contributed by atoms with Crippen LogP contribution in [0.5, 0.6) is 5.88 Å². The first-order valence-corrected chi connectivity index (χ1v) is 8.52. The summed E-state index contributed by atoms with van der Waals surface area (Å²) in [4.78, 5) is 15.7. The number of benzene rings is 1. The molecule has 10 heteroatoms. The molecule has 2 aromatic heterocycles. The third-order valence-electron chi connectivity index (χ3n) is 3.65. The zero-order valence-corrected chi connectivity index (χ0v) is 15.0. The molecule has 0 atom stereocenters. The lowest BCUT2D eigenvalue weighted by Gasteiger charge is -2.12. The van der Waals surface area contributed by atoms with Crippen molar-refractivity contribution in [3.05, 3.63) is 72.1 Å². The Kier molecular flexibility index (Phi) is 6.22. The summed E-state index contributed by atoms with van der Waals surface area (Å²) in [5.74, 6) is -0.545. The van der Waals surface area contributed by atoms with Crippen LogP contribution in [-0.2, 0) is 6.18 Å². The number of para-hydroxylation sites is 1. The van der Waals surface area contributed by atoms with E-state index in [1.165, 1.54) is 24.4 Å². The highest BCUT2D eigenvalue weighted by Crippen LogP contribution is 2.34. The van der Waals surface area contributed by atoms with E-state index in [2.05, 4.69) is 25.8 Å². The van der Waals surface area contributed by atoms with Gasteiger partial charge in [-0.25, -0.2) is 4.98 Å². The zero-order valence-electron chi connectivity index (χ0n) is 15.0. The molecule has 0 saturated heterocycles. The van der Waals surface area contributed by atoms with Gasteiger partial charge in [0.05, 0.1) is 6.54 Å². The number of halogens is 3. The Balaban J connectivity index is 1.49. The fourth-order valence-electron chi connectivity index (χ4n) is 2.31. The summed E-state index contributed by atoms with van der Waals surface area (Å²) in [7, 11) is 0. The van der Waals surface area contributed by atoms with Gasteiger partial charge in [-0.15, -0.1) is 10.2 Å². The van der Waals surface area contributed by atoms with Crippen LogP contribution >= 0.6 is 0 Å². The Bertz CT molecular complexity index is 950. The van der Waals surface area contributed by atoms with Gasteiger partial charge in [0.2, 0.25) is 5.88 Å². The van der Waals surface area contributed by atoms with Crippen molar-refractivity contribution in [2.24, 2.45) is 0 Å². The van der Waals surface area contributed by atoms with Crippen LogP contribution in [0.1, 0.15) is 16.1 Å². The van der Waals surface area contributed by atoms with Gasteiger partial charge in [-0.1, -0.05) is 18.2 Å². The van der Waals surface area contributed by atoms with Crippen molar-refractivity contribution in [1.29, 1.82) is 0 Å². The monoisotopic (exact) mass is 403 g/mol. The number of carbonyl (C=O) groups is 1. The quantitative estimate of drug-likeness (QED) is 0.586. The first kappa shape index (κ1) is 20.1. The van der Waals surface area contributed by atoms with Crippen molar-refractivity contribution in [2.75, 3.05) is 23.8 Å². The number of ether oxygens (including phenoxy) is 1. The Morgan fingerprint density at radius 3 is 2.48 bits per heavy atom. The molecule has 1 amide bonds. The largest absolute Gasteiger partial charge is 0.475 e. The number of pyridine rings is 1. The van der Waals surface area contributed by atoms with Crippen LogP contribution in [0.4, 0.5) is 24.7 Å². The van der Waals surface area contributed by atoms with Gasteiger partial charge in [-0.3, -0.25) is 4.79 Å². The second-order valence-corrected chi connectivity index (χ2v) is 5.75. The minimum atomic E-state index is -4.54. The fraction of sp³-hybridized carbons (Fsp3) is 0.158. The molecule has 2 heterocycles. The Morgan fingerprint density at radius 2 is 1.79 bits per heavy atom. The number of alkyl halides is 3. The molecule has 0 unspecified atom stereocenters. The summed E-state index contributed by atoms with van der Waals surface area (Å²) in [6.07, 6.45) is -3.32. The number of carbonyl (C=O) groups excluding carboxylic acids is 1. The standard InChI is InChI=1S/C19H16F3N5O2/c20-19(21,22)14-7-4-10-24-18(14)29-12-11-23-16-9-8-15(26-27-16)17(28)25-13-5-2-1-3-6-13/h1-10H,11-12H2,(H,23,27)(H,25,28). The topological polar surface area (TPSA) is 89.0 Å². The van der Waals surface area contributed by atoms with Crippen LogP contribution in [0, 0.1) is 0 Å².